The molecule has 2 aromatic heterocycles. The minimum absolute atomic E-state index is 0.00708. The van der Waals surface area contributed by atoms with Gasteiger partial charge in [-0.1, -0.05) is 36.4 Å². The van der Waals surface area contributed by atoms with E-state index in [1.165, 1.54) is 6.21 Å². The minimum atomic E-state index is -0.669. The molecule has 0 aliphatic carbocycles. The van der Waals surface area contributed by atoms with Crippen LogP contribution < -0.4 is 11.2 Å². The van der Waals surface area contributed by atoms with Crippen LogP contribution in [0.15, 0.2) is 69.4 Å². The number of rotatable bonds is 5. The Morgan fingerprint density at radius 2 is 1.93 bits per heavy atom. The molecule has 4 rings (SSSR count). The van der Waals surface area contributed by atoms with Gasteiger partial charge < -0.3 is 5.11 Å². The Bertz CT molecular complexity index is 1140. The predicted octanol–water partition coefficient (Wildman–Crippen LogP) is 2.25. The lowest BCUT2D eigenvalue weighted by Gasteiger charge is -2.32. The second kappa shape index (κ2) is 8.77. The van der Waals surface area contributed by atoms with E-state index in [4.69, 9.17) is 0 Å². The normalized spacial score (nSPS) is 16.8. The third-order valence-corrected chi connectivity index (χ3v) is 5.23. The van der Waals surface area contributed by atoms with Gasteiger partial charge in [-0.15, -0.1) is 0 Å². The number of aromatic hydroxyl groups is 1. The number of pyridine rings is 1. The van der Waals surface area contributed by atoms with Crippen molar-refractivity contribution in [2.45, 2.75) is 31.8 Å². The van der Waals surface area contributed by atoms with Crippen LogP contribution in [0.5, 0.6) is 5.88 Å². The number of hydrogen-bond acceptors (Lipinski definition) is 6. The van der Waals surface area contributed by atoms with Crippen LogP contribution in [0.2, 0.25) is 0 Å². The number of nitrogens with zero attached hydrogens (tertiary/aromatic N) is 4. The minimum Gasteiger partial charge on any atom is -0.494 e. The average Bonchev–Trinajstić information content (AvgIpc) is 2.78. The molecule has 1 fully saturated rings. The van der Waals surface area contributed by atoms with Gasteiger partial charge in [-0.3, -0.25) is 24.3 Å². The molecule has 30 heavy (non-hydrogen) atoms. The zero-order valence-corrected chi connectivity index (χ0v) is 16.4. The molecule has 1 aliphatic rings. The van der Waals surface area contributed by atoms with Crippen molar-refractivity contribution < 1.29 is 5.11 Å². The molecule has 154 valence electrons. The number of H-pyrrole nitrogens is 1. The summed E-state index contributed by atoms with van der Waals surface area (Å²) in [6, 6.07) is 15.0. The molecule has 0 radical (unpaired) electrons. The van der Waals surface area contributed by atoms with E-state index in [0.717, 1.165) is 41.6 Å². The van der Waals surface area contributed by atoms with Gasteiger partial charge in [0.1, 0.15) is 5.56 Å². The predicted molar refractivity (Wildman–Crippen MR) is 114 cm³/mol. The summed E-state index contributed by atoms with van der Waals surface area (Å²) in [5, 5.41) is 17.0. The highest BCUT2D eigenvalue weighted by Crippen LogP contribution is 2.29. The summed E-state index contributed by atoms with van der Waals surface area (Å²) in [6.45, 7) is 0.865. The fourth-order valence-corrected chi connectivity index (χ4v) is 3.66. The van der Waals surface area contributed by atoms with Crippen molar-refractivity contribution in [2.24, 2.45) is 5.10 Å². The zero-order valence-electron chi connectivity index (χ0n) is 16.4. The van der Waals surface area contributed by atoms with Crippen LogP contribution in [-0.2, 0) is 6.54 Å². The third kappa shape index (κ3) is 4.17. The van der Waals surface area contributed by atoms with E-state index in [1.54, 1.807) is 6.20 Å². The Kier molecular flexibility index (Phi) is 5.74. The zero-order chi connectivity index (χ0) is 20.9. The SMILES string of the molecule is O=c1[nH]c(=O)n(Cc2ccccc2)c(O)c1/C=N/N1CCCCC1c1ccccn1. The van der Waals surface area contributed by atoms with Crippen molar-refractivity contribution >= 4 is 6.21 Å². The van der Waals surface area contributed by atoms with Gasteiger partial charge in [0.15, 0.2) is 0 Å². The number of aromatic amines is 1. The van der Waals surface area contributed by atoms with Crippen molar-refractivity contribution in [3.8, 4) is 5.88 Å². The first-order valence-corrected chi connectivity index (χ1v) is 9.95. The molecule has 1 saturated heterocycles. The van der Waals surface area contributed by atoms with Crippen LogP contribution in [0.25, 0.3) is 0 Å². The first kappa shape index (κ1) is 19.6. The number of aromatic nitrogens is 3. The Morgan fingerprint density at radius 3 is 2.70 bits per heavy atom. The fraction of sp³-hybridized carbons (Fsp3) is 0.273. The lowest BCUT2D eigenvalue weighted by Crippen LogP contribution is -2.33. The van der Waals surface area contributed by atoms with Crippen LogP contribution in [0, 0.1) is 0 Å². The molecule has 1 unspecified atom stereocenters. The summed E-state index contributed by atoms with van der Waals surface area (Å²) >= 11 is 0. The van der Waals surface area contributed by atoms with Crippen molar-refractivity contribution in [3.63, 3.8) is 0 Å². The van der Waals surface area contributed by atoms with Gasteiger partial charge in [-0.2, -0.15) is 5.10 Å². The molecule has 3 aromatic rings. The molecule has 8 heteroatoms. The Morgan fingerprint density at radius 1 is 1.13 bits per heavy atom. The quantitative estimate of drug-likeness (QED) is 0.634. The molecular weight excluding hydrogens is 382 g/mol. The first-order valence-electron chi connectivity index (χ1n) is 9.95. The Hall–Kier alpha value is -3.68. The van der Waals surface area contributed by atoms with E-state index in [1.807, 2.05) is 53.5 Å². The molecular formula is C22H23N5O3. The third-order valence-electron chi connectivity index (χ3n) is 5.23. The van der Waals surface area contributed by atoms with Crippen molar-refractivity contribution in [1.29, 1.82) is 0 Å². The van der Waals surface area contributed by atoms with E-state index in [-0.39, 0.29) is 18.2 Å². The van der Waals surface area contributed by atoms with Crippen molar-refractivity contribution in [2.75, 3.05) is 6.54 Å². The summed E-state index contributed by atoms with van der Waals surface area (Å²) in [5.74, 6) is -0.400. The highest BCUT2D eigenvalue weighted by molar-refractivity contribution is 5.81. The number of piperidine rings is 1. The highest BCUT2D eigenvalue weighted by atomic mass is 16.3. The molecule has 1 atom stereocenters. The van der Waals surface area contributed by atoms with Gasteiger partial charge in [-0.25, -0.2) is 4.79 Å². The molecule has 0 spiro atoms. The lowest BCUT2D eigenvalue weighted by molar-refractivity contribution is 0.153. The maximum atomic E-state index is 12.3. The second-order valence-corrected chi connectivity index (χ2v) is 7.24. The number of hydrazone groups is 1. The van der Waals surface area contributed by atoms with Crippen LogP contribution in [0.1, 0.15) is 42.1 Å². The monoisotopic (exact) mass is 405 g/mol. The molecule has 0 amide bonds. The van der Waals surface area contributed by atoms with Crippen LogP contribution in [0.4, 0.5) is 0 Å². The Labute approximate surface area is 173 Å². The summed E-state index contributed by atoms with van der Waals surface area (Å²) in [6.07, 6.45) is 6.04. The van der Waals surface area contributed by atoms with Crippen LogP contribution in [0.3, 0.4) is 0 Å². The van der Waals surface area contributed by atoms with E-state index >= 15 is 0 Å². The van der Waals surface area contributed by atoms with E-state index in [2.05, 4.69) is 15.1 Å². The van der Waals surface area contributed by atoms with Crippen LogP contribution in [-0.4, -0.2) is 37.4 Å². The van der Waals surface area contributed by atoms with E-state index in [9.17, 15) is 14.7 Å². The molecule has 0 bridgehead atoms. The molecule has 0 saturated carbocycles. The molecule has 1 aliphatic heterocycles. The maximum Gasteiger partial charge on any atom is 0.331 e. The Balaban J connectivity index is 1.65. The summed E-state index contributed by atoms with van der Waals surface area (Å²) in [4.78, 5) is 31.3. The van der Waals surface area contributed by atoms with Gasteiger partial charge in [0.25, 0.3) is 5.56 Å². The largest absolute Gasteiger partial charge is 0.494 e. The maximum absolute atomic E-state index is 12.3. The van der Waals surface area contributed by atoms with Gasteiger partial charge in [-0.05, 0) is 37.0 Å². The van der Waals surface area contributed by atoms with E-state index in [0.29, 0.717) is 0 Å². The van der Waals surface area contributed by atoms with Crippen LogP contribution >= 0.6 is 0 Å². The second-order valence-electron chi connectivity index (χ2n) is 7.24. The van der Waals surface area contributed by atoms with Gasteiger partial charge in [0, 0.05) is 12.7 Å². The molecule has 3 heterocycles. The standard InChI is InChI=1S/C22H23N5O3/c28-20-17(21(29)26(22(30)25-20)15-16-8-2-1-3-9-16)14-24-27-13-7-5-11-19(27)18-10-4-6-12-23-18/h1-4,6,8-10,12,14,19,29H,5,7,11,13,15H2,(H,25,28,30)/b24-14+. The topological polar surface area (TPSA) is 104 Å². The summed E-state index contributed by atoms with van der Waals surface area (Å²) in [5.41, 5.74) is 0.369. The number of hydrogen-bond donors (Lipinski definition) is 2. The first-order chi connectivity index (χ1) is 14.6. The van der Waals surface area contributed by atoms with Crippen molar-refractivity contribution in [1.82, 2.24) is 19.5 Å². The van der Waals surface area contributed by atoms with Gasteiger partial charge >= 0.3 is 5.69 Å². The molecule has 2 N–H and O–H groups in total. The fourth-order valence-electron chi connectivity index (χ4n) is 3.66. The molecule has 8 nitrogen and oxygen atoms in total. The van der Waals surface area contributed by atoms with Crippen molar-refractivity contribution in [3.05, 3.63) is 92.4 Å². The smallest absolute Gasteiger partial charge is 0.331 e. The van der Waals surface area contributed by atoms with Gasteiger partial charge in [0.2, 0.25) is 5.88 Å². The lowest BCUT2D eigenvalue weighted by atomic mass is 10.0. The summed E-state index contributed by atoms with van der Waals surface area (Å²) < 4.78 is 1.13. The highest BCUT2D eigenvalue weighted by Gasteiger charge is 2.24. The van der Waals surface area contributed by atoms with Gasteiger partial charge in [0.05, 0.1) is 24.5 Å². The number of nitrogens with one attached hydrogen (secondary N) is 1. The molecule has 1 aromatic carbocycles. The average molecular weight is 405 g/mol. The number of benzene rings is 1. The van der Waals surface area contributed by atoms with E-state index < -0.39 is 17.1 Å². The summed E-state index contributed by atoms with van der Waals surface area (Å²) in [7, 11) is 0.